The number of para-hydroxylation sites is 1. The number of benzene rings is 2. The second-order valence-corrected chi connectivity index (χ2v) is 7.78. The van der Waals surface area contributed by atoms with E-state index >= 15 is 0 Å². The smallest absolute Gasteiger partial charge is 0.254 e. The lowest BCUT2D eigenvalue weighted by atomic mass is 10.0. The van der Waals surface area contributed by atoms with E-state index in [0.29, 0.717) is 43.7 Å². The number of methoxy groups -OCH3 is 1. The van der Waals surface area contributed by atoms with E-state index in [4.69, 9.17) is 4.74 Å². The summed E-state index contributed by atoms with van der Waals surface area (Å²) >= 11 is 0. The number of carbonyl (C=O) groups excluding carboxylic acids is 2. The molecule has 0 spiro atoms. The molecular weight excluding hydrogens is 404 g/mol. The molecule has 2 aromatic carbocycles. The minimum atomic E-state index is -0.191. The molecule has 32 heavy (non-hydrogen) atoms. The lowest BCUT2D eigenvalue weighted by molar-refractivity contribution is -0.131. The van der Waals surface area contributed by atoms with Crippen LogP contribution in [0.3, 0.4) is 0 Å². The van der Waals surface area contributed by atoms with E-state index in [1.807, 2.05) is 59.5 Å². The van der Waals surface area contributed by atoms with Crippen molar-refractivity contribution in [1.29, 1.82) is 0 Å². The summed E-state index contributed by atoms with van der Waals surface area (Å²) in [5.74, 6) is 1.19. The molecule has 0 saturated carbocycles. The first-order chi connectivity index (χ1) is 15.6. The number of ether oxygens (including phenoxy) is 1. The Morgan fingerprint density at radius 1 is 1.00 bits per heavy atom. The molecule has 2 heterocycles. The van der Waals surface area contributed by atoms with Crippen molar-refractivity contribution < 1.29 is 14.3 Å². The zero-order valence-electron chi connectivity index (χ0n) is 18.0. The van der Waals surface area contributed by atoms with E-state index in [1.165, 1.54) is 0 Å². The van der Waals surface area contributed by atoms with Crippen LogP contribution in [-0.2, 0) is 11.2 Å². The minimum absolute atomic E-state index is 0.0200. The molecule has 1 saturated heterocycles. The standard InChI is InChI=1S/C25H26N4O3/c1-32-22-10-6-5-9-19(22)15-23(30)29-13-11-21(12-14-29)28-25(31)20-16-26-24(27-17-20)18-7-3-2-4-8-18/h2-10,16-17,21H,11-15H2,1H3,(H,28,31). The van der Waals surface area contributed by atoms with E-state index in [1.54, 1.807) is 19.5 Å². The summed E-state index contributed by atoms with van der Waals surface area (Å²) in [6.45, 7) is 1.23. The zero-order valence-corrected chi connectivity index (χ0v) is 18.0. The van der Waals surface area contributed by atoms with Gasteiger partial charge in [-0.2, -0.15) is 0 Å². The Morgan fingerprint density at radius 2 is 1.66 bits per heavy atom. The van der Waals surface area contributed by atoms with Crippen molar-refractivity contribution in [2.45, 2.75) is 25.3 Å². The Kier molecular flexibility index (Phi) is 6.75. The second kappa shape index (κ2) is 10.0. The number of rotatable bonds is 6. The Labute approximate surface area is 187 Å². The van der Waals surface area contributed by atoms with Crippen LogP contribution in [0, 0.1) is 0 Å². The molecule has 0 unspecified atom stereocenters. The highest BCUT2D eigenvalue weighted by Gasteiger charge is 2.25. The van der Waals surface area contributed by atoms with Crippen molar-refractivity contribution in [3.63, 3.8) is 0 Å². The minimum Gasteiger partial charge on any atom is -0.496 e. The molecule has 0 bridgehead atoms. The van der Waals surface area contributed by atoms with Crippen LogP contribution in [0.1, 0.15) is 28.8 Å². The predicted octanol–water partition coefficient (Wildman–Crippen LogP) is 3.12. The second-order valence-electron chi connectivity index (χ2n) is 7.78. The van der Waals surface area contributed by atoms with Crippen LogP contribution in [0.2, 0.25) is 0 Å². The van der Waals surface area contributed by atoms with Gasteiger partial charge in [-0.3, -0.25) is 9.59 Å². The highest BCUT2D eigenvalue weighted by Crippen LogP contribution is 2.20. The van der Waals surface area contributed by atoms with Gasteiger partial charge in [0, 0.05) is 42.7 Å². The molecule has 1 aliphatic rings. The summed E-state index contributed by atoms with van der Waals surface area (Å²) < 4.78 is 5.34. The van der Waals surface area contributed by atoms with E-state index in [9.17, 15) is 9.59 Å². The molecule has 3 aromatic rings. The number of likely N-dealkylation sites (tertiary alicyclic amines) is 1. The number of amides is 2. The average molecular weight is 431 g/mol. The summed E-state index contributed by atoms with van der Waals surface area (Å²) in [6.07, 6.45) is 4.85. The first-order valence-corrected chi connectivity index (χ1v) is 10.7. The first-order valence-electron chi connectivity index (χ1n) is 10.7. The van der Waals surface area contributed by atoms with Gasteiger partial charge < -0.3 is 15.0 Å². The van der Waals surface area contributed by atoms with Gasteiger partial charge in [-0.25, -0.2) is 9.97 Å². The van der Waals surface area contributed by atoms with E-state index in [2.05, 4.69) is 15.3 Å². The monoisotopic (exact) mass is 430 g/mol. The third-order valence-corrected chi connectivity index (χ3v) is 5.66. The molecule has 0 radical (unpaired) electrons. The Bertz CT molecular complexity index is 1060. The lowest BCUT2D eigenvalue weighted by Gasteiger charge is -2.32. The SMILES string of the molecule is COc1ccccc1CC(=O)N1CCC(NC(=O)c2cnc(-c3ccccc3)nc2)CC1. The number of nitrogens with one attached hydrogen (secondary N) is 1. The van der Waals surface area contributed by atoms with Crippen molar-refractivity contribution in [3.8, 4) is 17.1 Å². The molecule has 1 fully saturated rings. The van der Waals surface area contributed by atoms with Crippen LogP contribution in [-0.4, -0.2) is 52.9 Å². The number of piperidine rings is 1. The molecular formula is C25H26N4O3. The van der Waals surface area contributed by atoms with Crippen LogP contribution in [0.25, 0.3) is 11.4 Å². The lowest BCUT2D eigenvalue weighted by Crippen LogP contribution is -2.47. The highest BCUT2D eigenvalue weighted by atomic mass is 16.5. The number of hydrogen-bond acceptors (Lipinski definition) is 5. The third kappa shape index (κ3) is 5.11. The number of carbonyl (C=O) groups is 2. The fraction of sp³-hybridized carbons (Fsp3) is 0.280. The normalized spacial score (nSPS) is 14.1. The Hall–Kier alpha value is -3.74. The van der Waals surface area contributed by atoms with E-state index in [0.717, 1.165) is 16.9 Å². The Balaban J connectivity index is 1.28. The predicted molar refractivity (Wildman–Crippen MR) is 121 cm³/mol. The van der Waals surface area contributed by atoms with Crippen molar-refractivity contribution in [3.05, 3.63) is 78.1 Å². The summed E-state index contributed by atoms with van der Waals surface area (Å²) in [6, 6.07) is 17.2. The molecule has 4 rings (SSSR count). The van der Waals surface area contributed by atoms with Crippen molar-refractivity contribution in [1.82, 2.24) is 20.2 Å². The van der Waals surface area contributed by atoms with Crippen LogP contribution in [0.4, 0.5) is 0 Å². The molecule has 164 valence electrons. The average Bonchev–Trinajstić information content (AvgIpc) is 2.85. The van der Waals surface area contributed by atoms with Crippen molar-refractivity contribution in [2.75, 3.05) is 20.2 Å². The van der Waals surface area contributed by atoms with E-state index < -0.39 is 0 Å². The highest BCUT2D eigenvalue weighted by molar-refractivity contribution is 5.94. The maximum atomic E-state index is 12.7. The molecule has 0 atom stereocenters. The van der Waals surface area contributed by atoms with Crippen LogP contribution in [0.5, 0.6) is 5.75 Å². The van der Waals surface area contributed by atoms with Gasteiger partial charge in [-0.15, -0.1) is 0 Å². The summed E-state index contributed by atoms with van der Waals surface area (Å²) in [4.78, 5) is 35.8. The van der Waals surface area contributed by atoms with Crippen LogP contribution >= 0.6 is 0 Å². The van der Waals surface area contributed by atoms with Gasteiger partial charge in [0.25, 0.3) is 5.91 Å². The quantitative estimate of drug-likeness (QED) is 0.650. The van der Waals surface area contributed by atoms with E-state index in [-0.39, 0.29) is 17.9 Å². The molecule has 7 nitrogen and oxygen atoms in total. The van der Waals surface area contributed by atoms with Crippen LogP contribution in [0.15, 0.2) is 67.0 Å². The van der Waals surface area contributed by atoms with Gasteiger partial charge in [0.15, 0.2) is 5.82 Å². The topological polar surface area (TPSA) is 84.4 Å². The molecule has 1 aromatic heterocycles. The fourth-order valence-corrected chi connectivity index (χ4v) is 3.85. The largest absolute Gasteiger partial charge is 0.496 e. The van der Waals surface area contributed by atoms with Crippen molar-refractivity contribution in [2.24, 2.45) is 0 Å². The van der Waals surface area contributed by atoms with Gasteiger partial charge >= 0.3 is 0 Å². The van der Waals surface area contributed by atoms with Gasteiger partial charge in [-0.05, 0) is 18.9 Å². The van der Waals surface area contributed by atoms with Crippen LogP contribution < -0.4 is 10.1 Å². The summed E-state index contributed by atoms with van der Waals surface area (Å²) in [5.41, 5.74) is 2.22. The number of hydrogen-bond donors (Lipinski definition) is 1. The fourth-order valence-electron chi connectivity index (χ4n) is 3.85. The first kappa shape index (κ1) is 21.5. The third-order valence-electron chi connectivity index (χ3n) is 5.66. The Morgan fingerprint density at radius 3 is 2.34 bits per heavy atom. The molecule has 7 heteroatoms. The maximum absolute atomic E-state index is 12.7. The van der Waals surface area contributed by atoms with Gasteiger partial charge in [0.1, 0.15) is 5.75 Å². The molecule has 0 aliphatic carbocycles. The molecule has 2 amide bonds. The van der Waals surface area contributed by atoms with Gasteiger partial charge in [0.2, 0.25) is 5.91 Å². The number of aromatic nitrogens is 2. The summed E-state index contributed by atoms with van der Waals surface area (Å²) in [5, 5.41) is 3.04. The maximum Gasteiger partial charge on any atom is 0.254 e. The molecule has 1 N–H and O–H groups in total. The zero-order chi connectivity index (χ0) is 22.3. The van der Waals surface area contributed by atoms with Gasteiger partial charge in [-0.1, -0.05) is 48.5 Å². The summed E-state index contributed by atoms with van der Waals surface area (Å²) in [7, 11) is 1.61. The van der Waals surface area contributed by atoms with Crippen molar-refractivity contribution >= 4 is 11.8 Å². The number of nitrogens with zero attached hydrogens (tertiary/aromatic N) is 3. The molecule has 1 aliphatic heterocycles. The van der Waals surface area contributed by atoms with Gasteiger partial charge in [0.05, 0.1) is 19.1 Å².